The Morgan fingerprint density at radius 1 is 1.26 bits per heavy atom. The number of hydrogen-bond donors (Lipinski definition) is 2. The first-order valence-corrected chi connectivity index (χ1v) is 6.95. The predicted molar refractivity (Wildman–Crippen MR) is 75.9 cm³/mol. The summed E-state index contributed by atoms with van der Waals surface area (Å²) in [6.45, 7) is 2.57. The van der Waals surface area contributed by atoms with Crippen LogP contribution in [-0.4, -0.2) is 23.1 Å². The van der Waals surface area contributed by atoms with Crippen molar-refractivity contribution in [1.29, 1.82) is 5.26 Å². The summed E-state index contributed by atoms with van der Waals surface area (Å²) < 4.78 is 0. The molecule has 2 heterocycles. The summed E-state index contributed by atoms with van der Waals surface area (Å²) in [6.07, 6.45) is 4.43. The van der Waals surface area contributed by atoms with Crippen LogP contribution in [0.1, 0.15) is 16.9 Å². The van der Waals surface area contributed by atoms with Crippen LogP contribution in [0.2, 0.25) is 0 Å². The average molecular weight is 273 g/mol. The van der Waals surface area contributed by atoms with E-state index in [0.717, 1.165) is 31.6 Å². The van der Waals surface area contributed by atoms with E-state index in [9.17, 15) is 0 Å². The molecule has 2 N–H and O–H groups in total. The van der Waals surface area contributed by atoms with Gasteiger partial charge in [0.2, 0.25) is 5.95 Å². The summed E-state index contributed by atoms with van der Waals surface area (Å²) >= 11 is 1.61. The van der Waals surface area contributed by atoms with Crippen molar-refractivity contribution in [2.24, 2.45) is 0 Å². The summed E-state index contributed by atoms with van der Waals surface area (Å²) in [5.41, 5.74) is 0.740. The second-order valence-electron chi connectivity index (χ2n) is 3.94. The third-order valence-electron chi connectivity index (χ3n) is 2.46. The van der Waals surface area contributed by atoms with Crippen molar-refractivity contribution < 1.29 is 0 Å². The Kier molecular flexibility index (Phi) is 5.29. The molecule has 2 rings (SSSR count). The predicted octanol–water partition coefficient (Wildman–Crippen LogP) is 2.00. The lowest BCUT2D eigenvalue weighted by atomic mass is 10.3. The first kappa shape index (κ1) is 13.5. The van der Waals surface area contributed by atoms with Crippen molar-refractivity contribution >= 4 is 17.3 Å². The van der Waals surface area contributed by atoms with Crippen molar-refractivity contribution in [3.8, 4) is 6.07 Å². The highest BCUT2D eigenvalue weighted by Crippen LogP contribution is 2.13. The minimum Gasteiger partial charge on any atom is -0.354 e. The van der Waals surface area contributed by atoms with Crippen molar-refractivity contribution in [2.75, 3.05) is 18.4 Å². The third-order valence-corrected chi connectivity index (χ3v) is 3.40. The highest BCUT2D eigenvalue weighted by molar-refractivity contribution is 7.10. The van der Waals surface area contributed by atoms with Gasteiger partial charge in [-0.2, -0.15) is 5.26 Å². The first-order chi connectivity index (χ1) is 9.38. The van der Waals surface area contributed by atoms with Crippen LogP contribution in [0.3, 0.4) is 0 Å². The maximum atomic E-state index is 8.72. The minimum absolute atomic E-state index is 0.666. The van der Waals surface area contributed by atoms with E-state index >= 15 is 0 Å². The molecule has 98 valence electrons. The molecule has 0 aliphatic heterocycles. The van der Waals surface area contributed by atoms with Gasteiger partial charge in [0.15, 0.2) is 0 Å². The zero-order valence-electron chi connectivity index (χ0n) is 10.5. The second-order valence-corrected chi connectivity index (χ2v) is 4.94. The summed E-state index contributed by atoms with van der Waals surface area (Å²) in [5, 5.41) is 17.1. The van der Waals surface area contributed by atoms with Gasteiger partial charge in [-0.25, -0.2) is 9.97 Å². The fourth-order valence-electron chi connectivity index (χ4n) is 1.55. The Morgan fingerprint density at radius 2 is 2.11 bits per heavy atom. The summed E-state index contributed by atoms with van der Waals surface area (Å²) in [5.74, 6) is 0.666. The molecule has 0 fully saturated rings. The van der Waals surface area contributed by atoms with E-state index < -0.39 is 0 Å². The number of nitrogens with one attached hydrogen (secondary N) is 2. The Morgan fingerprint density at radius 3 is 2.84 bits per heavy atom. The molecule has 0 aliphatic carbocycles. The molecule has 0 aliphatic rings. The van der Waals surface area contributed by atoms with Crippen molar-refractivity contribution in [2.45, 2.75) is 13.0 Å². The van der Waals surface area contributed by atoms with E-state index in [1.807, 2.05) is 11.4 Å². The van der Waals surface area contributed by atoms with Crippen molar-refractivity contribution in [1.82, 2.24) is 15.3 Å². The van der Waals surface area contributed by atoms with E-state index in [1.54, 1.807) is 29.8 Å². The maximum absolute atomic E-state index is 8.72. The van der Waals surface area contributed by atoms with Gasteiger partial charge in [-0.3, -0.25) is 0 Å². The molecule has 0 amide bonds. The van der Waals surface area contributed by atoms with Gasteiger partial charge in [0.25, 0.3) is 0 Å². The molecular formula is C13H15N5S. The molecule has 19 heavy (non-hydrogen) atoms. The maximum Gasteiger partial charge on any atom is 0.222 e. The van der Waals surface area contributed by atoms with E-state index in [2.05, 4.69) is 26.7 Å². The Hall–Kier alpha value is -1.97. The van der Waals surface area contributed by atoms with Gasteiger partial charge in [0, 0.05) is 35.7 Å². The second kappa shape index (κ2) is 7.46. The fourth-order valence-corrected chi connectivity index (χ4v) is 2.33. The molecule has 0 saturated heterocycles. The van der Waals surface area contributed by atoms with Crippen LogP contribution in [-0.2, 0) is 6.54 Å². The van der Waals surface area contributed by atoms with Crippen molar-refractivity contribution in [3.63, 3.8) is 0 Å². The van der Waals surface area contributed by atoms with E-state index in [4.69, 9.17) is 5.26 Å². The molecule has 0 unspecified atom stereocenters. The number of hydrogen-bond acceptors (Lipinski definition) is 6. The SMILES string of the molecule is N#Cc1csc(CNCCCNc2ncccn2)c1. The molecule has 0 spiro atoms. The average Bonchev–Trinajstić information content (AvgIpc) is 2.92. The normalized spacial score (nSPS) is 10.1. The lowest BCUT2D eigenvalue weighted by Crippen LogP contribution is -2.17. The van der Waals surface area contributed by atoms with E-state index in [-0.39, 0.29) is 0 Å². The molecule has 0 radical (unpaired) electrons. The van der Waals surface area contributed by atoms with Crippen LogP contribution in [0.15, 0.2) is 29.9 Å². The largest absolute Gasteiger partial charge is 0.354 e. The zero-order valence-corrected chi connectivity index (χ0v) is 11.3. The van der Waals surface area contributed by atoms with Gasteiger partial charge in [-0.05, 0) is 25.1 Å². The van der Waals surface area contributed by atoms with Gasteiger partial charge >= 0.3 is 0 Å². The molecular weight excluding hydrogens is 258 g/mol. The van der Waals surface area contributed by atoms with Crippen molar-refractivity contribution in [3.05, 3.63) is 40.3 Å². The van der Waals surface area contributed by atoms with Crippen LogP contribution >= 0.6 is 11.3 Å². The summed E-state index contributed by atoms with van der Waals surface area (Å²) in [4.78, 5) is 9.36. The number of nitriles is 1. The molecule has 2 aromatic heterocycles. The first-order valence-electron chi connectivity index (χ1n) is 6.07. The van der Waals surface area contributed by atoms with E-state index in [0.29, 0.717) is 5.95 Å². The fraction of sp³-hybridized carbons (Fsp3) is 0.308. The molecule has 2 aromatic rings. The molecule has 6 heteroatoms. The number of rotatable bonds is 7. The van der Waals surface area contributed by atoms with Gasteiger partial charge in [-0.1, -0.05) is 0 Å². The Labute approximate surface area is 116 Å². The van der Waals surface area contributed by atoms with Crippen LogP contribution in [0.25, 0.3) is 0 Å². The van der Waals surface area contributed by atoms with Crippen LogP contribution in [0.4, 0.5) is 5.95 Å². The lowest BCUT2D eigenvalue weighted by Gasteiger charge is -2.05. The lowest BCUT2D eigenvalue weighted by molar-refractivity contribution is 0.667. The summed E-state index contributed by atoms with van der Waals surface area (Å²) in [6, 6.07) is 5.85. The van der Waals surface area contributed by atoms with Gasteiger partial charge in [-0.15, -0.1) is 11.3 Å². The minimum atomic E-state index is 0.666. The molecule has 5 nitrogen and oxygen atoms in total. The monoisotopic (exact) mass is 273 g/mol. The highest BCUT2D eigenvalue weighted by Gasteiger charge is 1.98. The number of thiophene rings is 1. The Bertz CT molecular complexity index is 531. The highest BCUT2D eigenvalue weighted by atomic mass is 32.1. The number of nitrogens with zero attached hydrogens (tertiary/aromatic N) is 3. The molecule has 0 aromatic carbocycles. The van der Waals surface area contributed by atoms with E-state index in [1.165, 1.54) is 4.88 Å². The number of aromatic nitrogens is 2. The zero-order chi connectivity index (χ0) is 13.3. The number of anilines is 1. The molecule has 0 bridgehead atoms. The van der Waals surface area contributed by atoms with Crippen LogP contribution in [0.5, 0.6) is 0 Å². The summed E-state index contributed by atoms with van der Waals surface area (Å²) in [7, 11) is 0. The van der Waals surface area contributed by atoms with Crippen LogP contribution < -0.4 is 10.6 Å². The third kappa shape index (κ3) is 4.66. The smallest absolute Gasteiger partial charge is 0.222 e. The molecule has 0 atom stereocenters. The van der Waals surface area contributed by atoms with Gasteiger partial charge < -0.3 is 10.6 Å². The quantitative estimate of drug-likeness (QED) is 0.755. The topological polar surface area (TPSA) is 73.6 Å². The Balaban J connectivity index is 1.56. The van der Waals surface area contributed by atoms with Gasteiger partial charge in [0.1, 0.15) is 6.07 Å². The standard InChI is InChI=1S/C13H15N5S/c14-8-11-7-12(19-10-11)9-15-3-1-4-16-13-17-5-2-6-18-13/h2,5-7,10,15H,1,3-4,9H2,(H,16,17,18). The van der Waals surface area contributed by atoms with Crippen LogP contribution in [0, 0.1) is 11.3 Å². The van der Waals surface area contributed by atoms with Gasteiger partial charge in [0.05, 0.1) is 5.56 Å². The molecule has 0 saturated carbocycles.